The average molecular weight is 343 g/mol. The molecule has 1 N–H and O–H groups in total. The Bertz CT molecular complexity index is 529. The van der Waals surface area contributed by atoms with Gasteiger partial charge in [0.15, 0.2) is 0 Å². The number of rotatable bonds is 4. The van der Waals surface area contributed by atoms with Gasteiger partial charge in [-0.1, -0.05) is 0 Å². The maximum absolute atomic E-state index is 12.1. The number of nitro benzene ring substituents is 1. The minimum absolute atomic E-state index is 0.0179. The maximum Gasteiger partial charge on any atom is 0.284 e. The zero-order chi connectivity index (χ0) is 14.7. The summed E-state index contributed by atoms with van der Waals surface area (Å²) in [6, 6.07) is 4.20. The number of hydrogen-bond donors (Lipinski definition) is 1. The van der Waals surface area contributed by atoms with Gasteiger partial charge in [-0.3, -0.25) is 14.9 Å². The van der Waals surface area contributed by atoms with Gasteiger partial charge in [0.25, 0.3) is 11.6 Å². The molecule has 1 fully saturated rings. The molecule has 1 heterocycles. The first-order valence-corrected chi connectivity index (χ1v) is 7.14. The molecule has 1 aromatic rings. The van der Waals surface area contributed by atoms with E-state index in [-0.39, 0.29) is 29.3 Å². The number of carbonyl (C=O) groups excluding carboxylic acids is 1. The lowest BCUT2D eigenvalue weighted by molar-refractivity contribution is -0.385. The Morgan fingerprint density at radius 2 is 2.35 bits per heavy atom. The standard InChI is InChI=1S/C13H15BrN2O4/c1-8(12-3-2-6-20-12)15-13(17)9-4-5-10(14)11(7-9)16(18)19/h4-5,7-8,12H,2-3,6H2,1H3,(H,15,17)/t8-,12+/m1/s1. The molecule has 0 aliphatic carbocycles. The fraction of sp³-hybridized carbons (Fsp3) is 0.462. The van der Waals surface area contributed by atoms with Crippen molar-refractivity contribution in [2.24, 2.45) is 0 Å². The summed E-state index contributed by atoms with van der Waals surface area (Å²) in [7, 11) is 0. The average Bonchev–Trinajstić information content (AvgIpc) is 2.92. The largest absolute Gasteiger partial charge is 0.376 e. The van der Waals surface area contributed by atoms with Gasteiger partial charge in [0.2, 0.25) is 0 Å². The van der Waals surface area contributed by atoms with Gasteiger partial charge in [-0.25, -0.2) is 0 Å². The fourth-order valence-corrected chi connectivity index (χ4v) is 2.57. The first kappa shape index (κ1) is 14.9. The van der Waals surface area contributed by atoms with Crippen LogP contribution in [0.1, 0.15) is 30.1 Å². The Kier molecular flexibility index (Phi) is 4.72. The number of nitro groups is 1. The van der Waals surface area contributed by atoms with Crippen molar-refractivity contribution >= 4 is 27.5 Å². The molecule has 0 radical (unpaired) electrons. The molecule has 1 aliphatic heterocycles. The van der Waals surface area contributed by atoms with E-state index in [1.807, 2.05) is 6.92 Å². The van der Waals surface area contributed by atoms with Crippen LogP contribution < -0.4 is 5.32 Å². The monoisotopic (exact) mass is 342 g/mol. The van der Waals surface area contributed by atoms with Gasteiger partial charge in [0.1, 0.15) is 0 Å². The van der Waals surface area contributed by atoms with Crippen LogP contribution in [0.4, 0.5) is 5.69 Å². The molecule has 1 amide bonds. The van der Waals surface area contributed by atoms with Crippen LogP contribution in [0.15, 0.2) is 22.7 Å². The van der Waals surface area contributed by atoms with Crippen LogP contribution in [-0.4, -0.2) is 29.6 Å². The number of halogens is 1. The lowest BCUT2D eigenvalue weighted by Gasteiger charge is -2.19. The summed E-state index contributed by atoms with van der Waals surface area (Å²) < 4.78 is 5.86. The van der Waals surface area contributed by atoms with E-state index in [0.29, 0.717) is 11.1 Å². The Labute approximate surface area is 124 Å². The molecular weight excluding hydrogens is 328 g/mol. The summed E-state index contributed by atoms with van der Waals surface area (Å²) in [5.74, 6) is -0.330. The van der Waals surface area contributed by atoms with Crippen molar-refractivity contribution in [1.82, 2.24) is 5.32 Å². The van der Waals surface area contributed by atoms with Crippen LogP contribution in [0.2, 0.25) is 0 Å². The number of nitrogens with zero attached hydrogens (tertiary/aromatic N) is 1. The Morgan fingerprint density at radius 1 is 1.60 bits per heavy atom. The smallest absolute Gasteiger partial charge is 0.284 e. The van der Waals surface area contributed by atoms with Crippen molar-refractivity contribution in [3.63, 3.8) is 0 Å². The van der Waals surface area contributed by atoms with Gasteiger partial charge in [-0.2, -0.15) is 0 Å². The molecule has 0 aromatic heterocycles. The van der Waals surface area contributed by atoms with Crippen molar-refractivity contribution in [2.75, 3.05) is 6.61 Å². The van der Waals surface area contributed by atoms with Crippen molar-refractivity contribution in [3.05, 3.63) is 38.3 Å². The Morgan fingerprint density at radius 3 is 2.95 bits per heavy atom. The summed E-state index contributed by atoms with van der Waals surface area (Å²) >= 11 is 3.09. The van der Waals surface area contributed by atoms with E-state index in [1.54, 1.807) is 6.07 Å². The second kappa shape index (κ2) is 6.32. The number of benzene rings is 1. The third kappa shape index (κ3) is 3.34. The molecule has 0 bridgehead atoms. The van der Waals surface area contributed by atoms with Gasteiger partial charge in [-0.05, 0) is 47.8 Å². The number of ether oxygens (including phenoxy) is 1. The van der Waals surface area contributed by atoms with Crippen LogP contribution in [0, 0.1) is 10.1 Å². The van der Waals surface area contributed by atoms with Crippen LogP contribution >= 0.6 is 15.9 Å². The lowest BCUT2D eigenvalue weighted by atomic mass is 10.1. The van der Waals surface area contributed by atoms with Crippen LogP contribution in [0.5, 0.6) is 0 Å². The van der Waals surface area contributed by atoms with Gasteiger partial charge in [-0.15, -0.1) is 0 Å². The quantitative estimate of drug-likeness (QED) is 0.673. The molecule has 0 saturated carbocycles. The summed E-state index contributed by atoms with van der Waals surface area (Å²) in [5.41, 5.74) is 0.146. The first-order valence-electron chi connectivity index (χ1n) is 6.35. The van der Waals surface area contributed by atoms with E-state index in [4.69, 9.17) is 4.74 Å². The van der Waals surface area contributed by atoms with Crippen LogP contribution in [0.3, 0.4) is 0 Å². The molecule has 7 heteroatoms. The molecule has 1 aliphatic rings. The SMILES string of the molecule is C[C@@H](NC(=O)c1ccc(Br)c([N+](=O)[O-])c1)[C@@H]1CCCO1. The predicted molar refractivity (Wildman–Crippen MR) is 76.7 cm³/mol. The van der Waals surface area contributed by atoms with E-state index in [9.17, 15) is 14.9 Å². The molecule has 108 valence electrons. The fourth-order valence-electron chi connectivity index (χ4n) is 2.17. The zero-order valence-corrected chi connectivity index (χ0v) is 12.6. The minimum atomic E-state index is -0.523. The van der Waals surface area contributed by atoms with E-state index in [1.165, 1.54) is 12.1 Å². The topological polar surface area (TPSA) is 81.5 Å². The molecule has 20 heavy (non-hydrogen) atoms. The molecule has 6 nitrogen and oxygen atoms in total. The minimum Gasteiger partial charge on any atom is -0.376 e. The first-order chi connectivity index (χ1) is 9.49. The molecule has 2 rings (SSSR count). The van der Waals surface area contributed by atoms with Crippen LogP contribution in [-0.2, 0) is 4.74 Å². The molecule has 0 spiro atoms. The van der Waals surface area contributed by atoms with E-state index in [0.717, 1.165) is 12.8 Å². The van der Waals surface area contributed by atoms with Crippen LogP contribution in [0.25, 0.3) is 0 Å². The lowest BCUT2D eigenvalue weighted by Crippen LogP contribution is -2.40. The highest BCUT2D eigenvalue weighted by atomic mass is 79.9. The third-order valence-electron chi connectivity index (χ3n) is 3.29. The Balaban J connectivity index is 2.08. The highest BCUT2D eigenvalue weighted by molar-refractivity contribution is 9.10. The summed E-state index contributed by atoms with van der Waals surface area (Å²) in [6.07, 6.45) is 1.93. The molecular formula is C13H15BrN2O4. The highest BCUT2D eigenvalue weighted by Crippen LogP contribution is 2.25. The van der Waals surface area contributed by atoms with Gasteiger partial charge in [0.05, 0.1) is 21.5 Å². The van der Waals surface area contributed by atoms with Crippen molar-refractivity contribution in [3.8, 4) is 0 Å². The normalized spacial score (nSPS) is 19.6. The van der Waals surface area contributed by atoms with E-state index >= 15 is 0 Å². The highest BCUT2D eigenvalue weighted by Gasteiger charge is 2.24. The number of carbonyl (C=O) groups is 1. The molecule has 2 atom stereocenters. The molecule has 0 unspecified atom stereocenters. The van der Waals surface area contributed by atoms with Crippen molar-refractivity contribution in [2.45, 2.75) is 31.9 Å². The van der Waals surface area contributed by atoms with Crippen molar-refractivity contribution < 1.29 is 14.5 Å². The number of hydrogen-bond acceptors (Lipinski definition) is 4. The van der Waals surface area contributed by atoms with Gasteiger partial charge in [0, 0.05) is 18.2 Å². The second-order valence-corrected chi connectivity index (χ2v) is 5.59. The summed E-state index contributed by atoms with van der Waals surface area (Å²) in [4.78, 5) is 22.4. The van der Waals surface area contributed by atoms with E-state index in [2.05, 4.69) is 21.2 Å². The zero-order valence-electron chi connectivity index (χ0n) is 11.0. The summed E-state index contributed by atoms with van der Waals surface area (Å²) in [6.45, 7) is 2.59. The van der Waals surface area contributed by atoms with Gasteiger partial charge < -0.3 is 10.1 Å². The Hall–Kier alpha value is -1.47. The van der Waals surface area contributed by atoms with E-state index < -0.39 is 4.92 Å². The predicted octanol–water partition coefficient (Wildman–Crippen LogP) is 2.65. The second-order valence-electron chi connectivity index (χ2n) is 4.74. The molecule has 1 aromatic carbocycles. The number of nitrogens with one attached hydrogen (secondary N) is 1. The van der Waals surface area contributed by atoms with Gasteiger partial charge >= 0.3 is 0 Å². The van der Waals surface area contributed by atoms with Crippen molar-refractivity contribution in [1.29, 1.82) is 0 Å². The number of amides is 1. The summed E-state index contributed by atoms with van der Waals surface area (Å²) in [5, 5.41) is 13.7. The molecule has 1 saturated heterocycles. The third-order valence-corrected chi connectivity index (χ3v) is 3.96. The maximum atomic E-state index is 12.1.